The van der Waals surface area contributed by atoms with E-state index in [9.17, 15) is 9.59 Å². The number of hydrogen-bond donors (Lipinski definition) is 1. The Morgan fingerprint density at radius 3 is 2.24 bits per heavy atom. The maximum atomic E-state index is 12.3. The van der Waals surface area contributed by atoms with Crippen molar-refractivity contribution >= 4 is 11.8 Å². The second kappa shape index (κ2) is 8.40. The molecule has 2 fully saturated rings. The van der Waals surface area contributed by atoms with E-state index >= 15 is 0 Å². The van der Waals surface area contributed by atoms with Crippen molar-refractivity contribution in [2.45, 2.75) is 77.2 Å². The molecule has 1 saturated carbocycles. The predicted molar refractivity (Wildman–Crippen MR) is 83.8 cm³/mol. The zero-order valence-corrected chi connectivity index (χ0v) is 13.4. The van der Waals surface area contributed by atoms with Crippen LogP contribution in [-0.4, -0.2) is 35.8 Å². The van der Waals surface area contributed by atoms with Crippen molar-refractivity contribution in [3.8, 4) is 0 Å². The fraction of sp³-hybridized carbons (Fsp3) is 0.882. The van der Waals surface area contributed by atoms with Crippen LogP contribution in [0.3, 0.4) is 0 Å². The Labute approximate surface area is 128 Å². The van der Waals surface area contributed by atoms with Crippen LogP contribution in [0.4, 0.5) is 0 Å². The van der Waals surface area contributed by atoms with E-state index in [-0.39, 0.29) is 24.4 Å². The molecule has 120 valence electrons. The lowest BCUT2D eigenvalue weighted by molar-refractivity contribution is -0.144. The molecule has 1 saturated heterocycles. The van der Waals surface area contributed by atoms with Crippen molar-refractivity contribution in [2.75, 3.05) is 13.1 Å². The molecule has 0 aromatic carbocycles. The van der Waals surface area contributed by atoms with Crippen molar-refractivity contribution in [3.63, 3.8) is 0 Å². The molecule has 2 aliphatic rings. The summed E-state index contributed by atoms with van der Waals surface area (Å²) in [5.41, 5.74) is 0. The number of rotatable bonds is 10. The lowest BCUT2D eigenvalue weighted by atomic mass is 10.1. The summed E-state index contributed by atoms with van der Waals surface area (Å²) < 4.78 is 0. The highest BCUT2D eigenvalue weighted by Crippen LogP contribution is 2.34. The number of carbonyl (C=O) groups is 2. The summed E-state index contributed by atoms with van der Waals surface area (Å²) in [7, 11) is 0. The summed E-state index contributed by atoms with van der Waals surface area (Å²) in [5.74, 6) is 0.578. The first kappa shape index (κ1) is 16.3. The fourth-order valence-corrected chi connectivity index (χ4v) is 3.10. The fourth-order valence-electron chi connectivity index (χ4n) is 3.10. The number of carbonyl (C=O) groups excluding carboxylic acids is 2. The molecule has 1 N–H and O–H groups in total. The number of piperazine rings is 1. The third-order valence-electron chi connectivity index (χ3n) is 4.60. The van der Waals surface area contributed by atoms with Crippen molar-refractivity contribution < 1.29 is 9.59 Å². The number of nitrogens with zero attached hydrogens (tertiary/aromatic N) is 1. The van der Waals surface area contributed by atoms with Gasteiger partial charge < -0.3 is 10.2 Å². The van der Waals surface area contributed by atoms with Crippen LogP contribution < -0.4 is 5.32 Å². The largest absolute Gasteiger partial charge is 0.342 e. The first-order chi connectivity index (χ1) is 10.2. The van der Waals surface area contributed by atoms with E-state index in [1.165, 1.54) is 44.9 Å². The highest BCUT2D eigenvalue weighted by Gasteiger charge is 2.42. The zero-order valence-electron chi connectivity index (χ0n) is 13.4. The van der Waals surface area contributed by atoms with Gasteiger partial charge in [0, 0.05) is 6.54 Å². The van der Waals surface area contributed by atoms with E-state index in [0.29, 0.717) is 5.92 Å². The first-order valence-electron chi connectivity index (χ1n) is 8.80. The molecule has 0 radical (unpaired) electrons. The number of hydrogen-bond acceptors (Lipinski definition) is 2. The van der Waals surface area contributed by atoms with Gasteiger partial charge in [-0.3, -0.25) is 9.59 Å². The van der Waals surface area contributed by atoms with Crippen molar-refractivity contribution in [3.05, 3.63) is 0 Å². The molecule has 2 rings (SSSR count). The molecule has 1 aliphatic carbocycles. The molecule has 4 heteroatoms. The van der Waals surface area contributed by atoms with E-state index in [1.807, 2.05) is 0 Å². The second-order valence-electron chi connectivity index (χ2n) is 6.62. The Morgan fingerprint density at radius 1 is 1.00 bits per heavy atom. The predicted octanol–water partition coefficient (Wildman–Crippen LogP) is 2.86. The van der Waals surface area contributed by atoms with Crippen LogP contribution in [0.1, 0.15) is 71.1 Å². The minimum Gasteiger partial charge on any atom is -0.342 e. The van der Waals surface area contributed by atoms with Gasteiger partial charge in [0.1, 0.15) is 6.04 Å². The quantitative estimate of drug-likeness (QED) is 0.630. The van der Waals surface area contributed by atoms with Crippen LogP contribution in [0.2, 0.25) is 0 Å². The van der Waals surface area contributed by atoms with Gasteiger partial charge in [-0.1, -0.05) is 51.9 Å². The Balaban J connectivity index is 1.58. The summed E-state index contributed by atoms with van der Waals surface area (Å²) in [6.45, 7) is 3.25. The summed E-state index contributed by atoms with van der Waals surface area (Å²) in [6, 6.07) is -0.222. The van der Waals surface area contributed by atoms with Crippen molar-refractivity contribution in [2.24, 2.45) is 5.92 Å². The van der Waals surface area contributed by atoms with Crippen LogP contribution in [0.5, 0.6) is 0 Å². The van der Waals surface area contributed by atoms with Crippen LogP contribution in [0.25, 0.3) is 0 Å². The lowest BCUT2D eigenvalue weighted by Gasteiger charge is -2.32. The first-order valence-corrected chi connectivity index (χ1v) is 8.80. The highest BCUT2D eigenvalue weighted by molar-refractivity contribution is 5.95. The van der Waals surface area contributed by atoms with Crippen LogP contribution in [0, 0.1) is 5.92 Å². The van der Waals surface area contributed by atoms with Crippen LogP contribution >= 0.6 is 0 Å². The minimum absolute atomic E-state index is 0.0195. The van der Waals surface area contributed by atoms with E-state index < -0.39 is 0 Å². The standard InChI is InChI=1S/C17H30N2O2/c1-2-3-4-5-6-7-8-9-12-19-13-15(20)18-16(17(19)21)14-10-11-14/h14,16H,2-13H2,1H3,(H,18,20). The molecule has 0 bridgehead atoms. The Kier molecular flexibility index (Phi) is 6.52. The maximum Gasteiger partial charge on any atom is 0.245 e. The molecule has 2 amide bonds. The SMILES string of the molecule is CCCCCCCCCCN1CC(=O)NC(C2CC2)C1=O. The molecule has 0 aromatic rings. The normalized spacial score (nSPS) is 22.5. The van der Waals surface area contributed by atoms with Gasteiger partial charge in [-0.15, -0.1) is 0 Å². The molecule has 1 unspecified atom stereocenters. The van der Waals surface area contributed by atoms with Gasteiger partial charge in [-0.05, 0) is 25.2 Å². The summed E-state index contributed by atoms with van der Waals surface area (Å²) in [5, 5.41) is 2.86. The molecular formula is C17H30N2O2. The molecule has 0 aromatic heterocycles. The van der Waals surface area contributed by atoms with E-state index in [0.717, 1.165) is 25.8 Å². The summed E-state index contributed by atoms with van der Waals surface area (Å²) >= 11 is 0. The van der Waals surface area contributed by atoms with Crippen LogP contribution in [0.15, 0.2) is 0 Å². The molecule has 1 atom stereocenters. The Morgan fingerprint density at radius 2 is 1.62 bits per heavy atom. The zero-order chi connectivity index (χ0) is 15.1. The topological polar surface area (TPSA) is 49.4 Å². The van der Waals surface area contributed by atoms with Gasteiger partial charge >= 0.3 is 0 Å². The average molecular weight is 294 g/mol. The third kappa shape index (κ3) is 5.33. The Hall–Kier alpha value is -1.06. The second-order valence-corrected chi connectivity index (χ2v) is 6.62. The van der Waals surface area contributed by atoms with Gasteiger partial charge in [-0.25, -0.2) is 0 Å². The third-order valence-corrected chi connectivity index (χ3v) is 4.60. The van der Waals surface area contributed by atoms with E-state index in [2.05, 4.69) is 12.2 Å². The number of nitrogens with one attached hydrogen (secondary N) is 1. The van der Waals surface area contributed by atoms with Gasteiger partial charge in [-0.2, -0.15) is 0 Å². The van der Waals surface area contributed by atoms with Gasteiger partial charge in [0.2, 0.25) is 11.8 Å². The molecule has 4 nitrogen and oxygen atoms in total. The smallest absolute Gasteiger partial charge is 0.245 e. The number of amides is 2. The average Bonchev–Trinajstić information content (AvgIpc) is 3.29. The summed E-state index contributed by atoms with van der Waals surface area (Å²) in [6.07, 6.45) is 12.3. The molecular weight excluding hydrogens is 264 g/mol. The molecule has 0 spiro atoms. The summed E-state index contributed by atoms with van der Waals surface area (Å²) in [4.78, 5) is 25.8. The van der Waals surface area contributed by atoms with E-state index in [1.54, 1.807) is 4.90 Å². The van der Waals surface area contributed by atoms with E-state index in [4.69, 9.17) is 0 Å². The monoisotopic (exact) mass is 294 g/mol. The maximum absolute atomic E-state index is 12.3. The molecule has 1 aliphatic heterocycles. The van der Waals surface area contributed by atoms with Gasteiger partial charge in [0.15, 0.2) is 0 Å². The van der Waals surface area contributed by atoms with Crippen molar-refractivity contribution in [1.82, 2.24) is 10.2 Å². The van der Waals surface area contributed by atoms with Gasteiger partial charge in [0.05, 0.1) is 6.54 Å². The van der Waals surface area contributed by atoms with Crippen LogP contribution in [-0.2, 0) is 9.59 Å². The lowest BCUT2D eigenvalue weighted by Crippen LogP contribution is -2.58. The highest BCUT2D eigenvalue weighted by atomic mass is 16.2. The molecule has 1 heterocycles. The van der Waals surface area contributed by atoms with Crippen molar-refractivity contribution in [1.29, 1.82) is 0 Å². The Bertz CT molecular complexity index is 353. The number of unbranched alkanes of at least 4 members (excludes halogenated alkanes) is 7. The van der Waals surface area contributed by atoms with Gasteiger partial charge in [0.25, 0.3) is 0 Å². The molecule has 21 heavy (non-hydrogen) atoms. The minimum atomic E-state index is -0.222.